The van der Waals surface area contributed by atoms with Crippen LogP contribution in [0.3, 0.4) is 0 Å². The summed E-state index contributed by atoms with van der Waals surface area (Å²) in [6.45, 7) is -0.419. The molecule has 1 atom stereocenters. The third-order valence-electron chi connectivity index (χ3n) is 5.50. The molecule has 0 radical (unpaired) electrons. The summed E-state index contributed by atoms with van der Waals surface area (Å²) in [5.41, 5.74) is 6.40. The van der Waals surface area contributed by atoms with E-state index in [1.54, 1.807) is 36.8 Å². The Labute approximate surface area is 184 Å². The van der Waals surface area contributed by atoms with E-state index >= 15 is 0 Å². The zero-order valence-electron chi connectivity index (χ0n) is 17.2. The van der Waals surface area contributed by atoms with E-state index in [1.165, 1.54) is 11.2 Å². The van der Waals surface area contributed by atoms with Gasteiger partial charge in [0, 0.05) is 6.20 Å². The number of hydrogen-bond acceptors (Lipinski definition) is 7. The zero-order chi connectivity index (χ0) is 21.9. The quantitative estimate of drug-likeness (QED) is 0.609. The minimum absolute atomic E-state index is 0.151. The maximum Gasteiger partial charge on any atom is 0.357 e. The SMILES string of the molecule is O=C(OCC(=O)N1NC2=C(CCC/C2=C\c2ccco2)[C@@H]1c1ccco1)c1ccccn1. The first-order valence-corrected chi connectivity index (χ1v) is 10.4. The number of aromatic nitrogens is 1. The second-order valence-electron chi connectivity index (χ2n) is 7.52. The minimum Gasteiger partial charge on any atom is -0.467 e. The summed E-state index contributed by atoms with van der Waals surface area (Å²) in [6, 6.07) is 11.9. The standard InChI is InChI=1S/C24H21N3O5/c28-21(15-32-24(29)19-9-1-2-11-25-19)27-23(20-10-5-13-31-20)18-8-3-6-16(22(18)26-27)14-17-7-4-12-30-17/h1-2,4-5,7,9-14,23,26H,3,6,8,15H2/b16-14+/t23-/m1/s1. The van der Waals surface area contributed by atoms with Crippen molar-refractivity contribution < 1.29 is 23.2 Å². The van der Waals surface area contributed by atoms with Crippen LogP contribution in [0.15, 0.2) is 86.9 Å². The van der Waals surface area contributed by atoms with E-state index in [2.05, 4.69) is 10.4 Å². The van der Waals surface area contributed by atoms with Gasteiger partial charge in [-0.05, 0) is 72.9 Å². The highest BCUT2D eigenvalue weighted by Gasteiger charge is 2.41. The number of allylic oxidation sites excluding steroid dienone is 1. The molecule has 162 valence electrons. The van der Waals surface area contributed by atoms with Crippen LogP contribution in [0.1, 0.15) is 47.3 Å². The lowest BCUT2D eigenvalue weighted by Gasteiger charge is -2.24. The Hall–Kier alpha value is -4.07. The molecule has 2 aliphatic rings. The summed E-state index contributed by atoms with van der Waals surface area (Å²) in [5.74, 6) is 0.358. The maximum absolute atomic E-state index is 13.1. The van der Waals surface area contributed by atoms with Gasteiger partial charge in [0.05, 0.1) is 18.2 Å². The lowest BCUT2D eigenvalue weighted by Crippen LogP contribution is -2.42. The number of esters is 1. The van der Waals surface area contributed by atoms with Crippen LogP contribution in [-0.4, -0.2) is 28.5 Å². The van der Waals surface area contributed by atoms with Gasteiger partial charge in [-0.3, -0.25) is 10.2 Å². The smallest absolute Gasteiger partial charge is 0.357 e. The average Bonchev–Trinajstić information content (AvgIpc) is 3.58. The van der Waals surface area contributed by atoms with Gasteiger partial charge in [0.15, 0.2) is 6.61 Å². The van der Waals surface area contributed by atoms with Crippen LogP contribution in [0.4, 0.5) is 0 Å². The number of nitrogens with one attached hydrogen (secondary N) is 1. The number of amides is 1. The lowest BCUT2D eigenvalue weighted by molar-refractivity contribution is -0.138. The number of carbonyl (C=O) groups excluding carboxylic acids is 2. The first-order chi connectivity index (χ1) is 15.7. The second-order valence-corrected chi connectivity index (χ2v) is 7.52. The van der Waals surface area contributed by atoms with Crippen LogP contribution < -0.4 is 5.43 Å². The monoisotopic (exact) mass is 431 g/mol. The van der Waals surface area contributed by atoms with Crippen molar-refractivity contribution in [1.29, 1.82) is 0 Å². The highest BCUT2D eigenvalue weighted by atomic mass is 16.5. The molecule has 5 rings (SSSR count). The topological polar surface area (TPSA) is 97.8 Å². The molecule has 0 spiro atoms. The van der Waals surface area contributed by atoms with Crippen molar-refractivity contribution in [2.45, 2.75) is 25.3 Å². The minimum atomic E-state index is -0.649. The van der Waals surface area contributed by atoms with Crippen molar-refractivity contribution >= 4 is 18.0 Å². The Kier molecular flexibility index (Phi) is 5.33. The predicted molar refractivity (Wildman–Crippen MR) is 114 cm³/mol. The van der Waals surface area contributed by atoms with Crippen LogP contribution in [0.5, 0.6) is 0 Å². The molecule has 32 heavy (non-hydrogen) atoms. The number of hydrazine groups is 1. The van der Waals surface area contributed by atoms with Gasteiger partial charge in [0.25, 0.3) is 5.91 Å². The van der Waals surface area contributed by atoms with Crippen molar-refractivity contribution in [3.05, 3.63) is 95.2 Å². The van der Waals surface area contributed by atoms with Crippen LogP contribution in [0.25, 0.3) is 6.08 Å². The van der Waals surface area contributed by atoms with E-state index in [-0.39, 0.29) is 11.6 Å². The van der Waals surface area contributed by atoms with Gasteiger partial charge >= 0.3 is 5.97 Å². The molecule has 1 amide bonds. The van der Waals surface area contributed by atoms with Crippen molar-refractivity contribution in [3.8, 4) is 0 Å². The zero-order valence-corrected chi connectivity index (χ0v) is 17.2. The number of ether oxygens (including phenoxy) is 1. The van der Waals surface area contributed by atoms with Crippen molar-refractivity contribution in [2.75, 3.05) is 6.61 Å². The highest BCUT2D eigenvalue weighted by Crippen LogP contribution is 2.44. The van der Waals surface area contributed by atoms with E-state index < -0.39 is 18.6 Å². The second kappa shape index (κ2) is 8.58. The van der Waals surface area contributed by atoms with Crippen LogP contribution in [0, 0.1) is 0 Å². The van der Waals surface area contributed by atoms with Crippen LogP contribution in [0.2, 0.25) is 0 Å². The van der Waals surface area contributed by atoms with Crippen molar-refractivity contribution in [1.82, 2.24) is 15.4 Å². The Morgan fingerprint density at radius 1 is 1.12 bits per heavy atom. The number of hydrogen-bond donors (Lipinski definition) is 1. The maximum atomic E-state index is 13.1. The summed E-state index contributed by atoms with van der Waals surface area (Å²) < 4.78 is 16.4. The van der Waals surface area contributed by atoms with Crippen molar-refractivity contribution in [2.24, 2.45) is 0 Å². The average molecular weight is 431 g/mol. The molecule has 1 aliphatic heterocycles. The van der Waals surface area contributed by atoms with Gasteiger partial charge in [-0.25, -0.2) is 14.8 Å². The molecule has 0 unspecified atom stereocenters. The summed E-state index contributed by atoms with van der Waals surface area (Å²) in [5, 5.41) is 1.48. The normalized spacial score (nSPS) is 19.1. The van der Waals surface area contributed by atoms with E-state index in [0.717, 1.165) is 41.9 Å². The van der Waals surface area contributed by atoms with Gasteiger partial charge in [-0.2, -0.15) is 0 Å². The summed E-state index contributed by atoms with van der Waals surface area (Å²) in [4.78, 5) is 29.3. The van der Waals surface area contributed by atoms with Crippen molar-refractivity contribution in [3.63, 3.8) is 0 Å². The molecular weight excluding hydrogens is 410 g/mol. The first kappa shape index (κ1) is 19.9. The van der Waals surface area contributed by atoms with Gasteiger partial charge in [-0.15, -0.1) is 0 Å². The third kappa shape index (κ3) is 3.82. The van der Waals surface area contributed by atoms with Crippen LogP contribution in [-0.2, 0) is 9.53 Å². The predicted octanol–water partition coefficient (Wildman–Crippen LogP) is 4.03. The summed E-state index contributed by atoms with van der Waals surface area (Å²) in [7, 11) is 0. The molecule has 4 heterocycles. The Balaban J connectivity index is 1.39. The molecule has 0 aromatic carbocycles. The molecule has 3 aromatic heterocycles. The Morgan fingerprint density at radius 2 is 2.00 bits per heavy atom. The number of furan rings is 2. The Morgan fingerprint density at radius 3 is 2.75 bits per heavy atom. The number of nitrogens with zero attached hydrogens (tertiary/aromatic N) is 2. The fraction of sp³-hybridized carbons (Fsp3) is 0.208. The molecule has 8 heteroatoms. The van der Waals surface area contributed by atoms with Gasteiger partial charge < -0.3 is 13.6 Å². The molecule has 0 saturated carbocycles. The summed E-state index contributed by atoms with van der Waals surface area (Å²) >= 11 is 0. The van der Waals surface area contributed by atoms with E-state index in [9.17, 15) is 9.59 Å². The fourth-order valence-electron chi connectivity index (χ4n) is 4.08. The van der Waals surface area contributed by atoms with Gasteiger partial charge in [0.2, 0.25) is 0 Å². The summed E-state index contributed by atoms with van der Waals surface area (Å²) in [6.07, 6.45) is 9.31. The van der Waals surface area contributed by atoms with E-state index in [4.69, 9.17) is 13.6 Å². The molecule has 0 saturated heterocycles. The number of carbonyl (C=O) groups is 2. The molecule has 1 aliphatic carbocycles. The number of rotatable bonds is 5. The molecule has 1 N–H and O–H groups in total. The third-order valence-corrected chi connectivity index (χ3v) is 5.50. The number of pyridine rings is 1. The lowest BCUT2D eigenvalue weighted by atomic mass is 9.88. The first-order valence-electron chi connectivity index (χ1n) is 10.4. The Bertz CT molecular complexity index is 1160. The molecule has 0 bridgehead atoms. The van der Waals surface area contributed by atoms with Crippen LogP contribution >= 0.6 is 0 Å². The van der Waals surface area contributed by atoms with Gasteiger partial charge in [0.1, 0.15) is 23.3 Å². The van der Waals surface area contributed by atoms with E-state index in [0.29, 0.717) is 5.76 Å². The molecule has 3 aromatic rings. The highest BCUT2D eigenvalue weighted by molar-refractivity contribution is 5.89. The van der Waals surface area contributed by atoms with Gasteiger partial charge in [-0.1, -0.05) is 6.07 Å². The molecular formula is C24H21N3O5. The fourth-order valence-corrected chi connectivity index (χ4v) is 4.08. The van der Waals surface area contributed by atoms with E-state index in [1.807, 2.05) is 24.3 Å². The molecule has 0 fully saturated rings. The molecule has 8 nitrogen and oxygen atoms in total. The largest absolute Gasteiger partial charge is 0.467 e.